The number of Topliss-reactive ketones (excluding diaryl/α,β-unsaturated/α-hetero) is 1. The number of anilines is 1. The van der Waals surface area contributed by atoms with Crippen LogP contribution in [0.3, 0.4) is 0 Å². The number of amides is 5. The van der Waals surface area contributed by atoms with Gasteiger partial charge in [-0.05, 0) is 76.8 Å². The van der Waals surface area contributed by atoms with E-state index in [0.29, 0.717) is 29.2 Å². The van der Waals surface area contributed by atoms with Crippen molar-refractivity contribution in [1.82, 2.24) is 31.2 Å². The molecule has 0 spiro atoms. The summed E-state index contributed by atoms with van der Waals surface area (Å²) >= 11 is 0. The van der Waals surface area contributed by atoms with E-state index < -0.39 is 64.2 Å². The highest BCUT2D eigenvalue weighted by molar-refractivity contribution is 6.38. The third kappa shape index (κ3) is 10.9. The van der Waals surface area contributed by atoms with Gasteiger partial charge >= 0.3 is 6.03 Å². The zero-order chi connectivity index (χ0) is 40.0. The number of carbonyl (C=O) groups excluding carboxylic acids is 5. The molecule has 1 aliphatic carbocycles. The summed E-state index contributed by atoms with van der Waals surface area (Å²) in [7, 11) is 1.56. The van der Waals surface area contributed by atoms with Gasteiger partial charge in [-0.2, -0.15) is 0 Å². The number of likely N-dealkylation sites (tertiary alicyclic amines) is 1. The number of benzene rings is 1. The average Bonchev–Trinajstić information content (AvgIpc) is 3.83. The van der Waals surface area contributed by atoms with Crippen LogP contribution in [-0.2, 0) is 19.2 Å². The quantitative estimate of drug-likeness (QED) is 0.122. The zero-order valence-electron chi connectivity index (χ0n) is 33.0. The number of hydrogen-bond donors (Lipinski definition) is 6. The largest absolute Gasteiger partial charge is 0.497 e. The number of pyridine rings is 1. The molecule has 2 fully saturated rings. The second-order valence-electron chi connectivity index (χ2n) is 16.6. The fourth-order valence-corrected chi connectivity index (χ4v) is 6.42. The topological polar surface area (TPSA) is 209 Å². The van der Waals surface area contributed by atoms with Crippen LogP contribution in [0.2, 0.25) is 0 Å². The summed E-state index contributed by atoms with van der Waals surface area (Å²) in [5, 5.41) is 15.6. The van der Waals surface area contributed by atoms with Gasteiger partial charge in [0.15, 0.2) is 5.82 Å². The standard InChI is InChI=1S/C39H57N9O6/c1-10-12-26(31(49)34(51)42-23-13-14-23)44-33(50)29-21-39(8,22-48(29)35(52)32(37(2,3)4)45-36(53)47-38(5,6)7)46-28-20-30(41-18-11-17-40)43-27-19-24(54-9)15-16-25(27)28/h11,15-20,23,26,29,32H,10,12-14,21-22,40H2,1-9H3,(H,42,51)(H,43,46)(H,44,50)(H2,45,47,53)/b17-11-,41-18?/t26-,29-,32+,39-/m0/s1. The number of carbonyl (C=O) groups is 5. The molecule has 2 aromatic rings. The Balaban J connectivity index is 1.74. The lowest BCUT2D eigenvalue weighted by atomic mass is 9.85. The van der Waals surface area contributed by atoms with Crippen LogP contribution < -0.4 is 37.1 Å². The Kier molecular flexibility index (Phi) is 13.0. The lowest BCUT2D eigenvalue weighted by molar-refractivity contribution is -0.144. The number of hydrogen-bond acceptors (Lipinski definition) is 10. The van der Waals surface area contributed by atoms with Crippen LogP contribution in [0.4, 0.5) is 16.3 Å². The smallest absolute Gasteiger partial charge is 0.315 e. The van der Waals surface area contributed by atoms with Crippen molar-refractivity contribution in [2.45, 2.75) is 123 Å². The van der Waals surface area contributed by atoms with Crippen molar-refractivity contribution in [2.24, 2.45) is 16.1 Å². The molecule has 4 atom stereocenters. The highest BCUT2D eigenvalue weighted by Crippen LogP contribution is 2.37. The van der Waals surface area contributed by atoms with Crippen LogP contribution in [0.5, 0.6) is 5.75 Å². The number of allylic oxidation sites excluding steroid dienone is 1. The van der Waals surface area contributed by atoms with Crippen LogP contribution in [0, 0.1) is 5.41 Å². The Labute approximate surface area is 317 Å². The van der Waals surface area contributed by atoms with Gasteiger partial charge in [-0.15, -0.1) is 0 Å². The minimum absolute atomic E-state index is 0.0276. The van der Waals surface area contributed by atoms with Gasteiger partial charge in [0, 0.05) is 54.0 Å². The summed E-state index contributed by atoms with van der Waals surface area (Å²) in [5.74, 6) is -1.51. The van der Waals surface area contributed by atoms with Gasteiger partial charge in [-0.1, -0.05) is 34.1 Å². The first-order valence-electron chi connectivity index (χ1n) is 18.5. The van der Waals surface area contributed by atoms with Gasteiger partial charge in [0.05, 0.1) is 24.2 Å². The minimum atomic E-state index is -1.07. The molecule has 1 aromatic carbocycles. The number of fused-ring (bicyclic) bond motifs is 1. The van der Waals surface area contributed by atoms with E-state index in [1.807, 2.05) is 67.5 Å². The van der Waals surface area contributed by atoms with Crippen molar-refractivity contribution >= 4 is 58.2 Å². The molecular weight excluding hydrogens is 690 g/mol. The second kappa shape index (κ2) is 16.9. The van der Waals surface area contributed by atoms with Crippen molar-refractivity contribution in [3.8, 4) is 5.75 Å². The van der Waals surface area contributed by atoms with E-state index in [0.717, 1.165) is 18.2 Å². The van der Waals surface area contributed by atoms with Crippen molar-refractivity contribution < 1.29 is 28.7 Å². The molecule has 15 heteroatoms. The van der Waals surface area contributed by atoms with E-state index in [1.54, 1.807) is 25.3 Å². The molecule has 1 aliphatic heterocycles. The number of nitrogens with one attached hydrogen (secondary N) is 5. The molecule has 1 aromatic heterocycles. The molecule has 15 nitrogen and oxygen atoms in total. The lowest BCUT2D eigenvalue weighted by Crippen LogP contribution is -2.61. The monoisotopic (exact) mass is 747 g/mol. The number of rotatable bonds is 14. The molecule has 4 rings (SSSR count). The van der Waals surface area contributed by atoms with Crippen LogP contribution in [-0.4, -0.2) is 94.5 Å². The molecular formula is C39H57N9O6. The molecule has 54 heavy (non-hydrogen) atoms. The van der Waals surface area contributed by atoms with E-state index in [-0.39, 0.29) is 25.4 Å². The van der Waals surface area contributed by atoms with Crippen molar-refractivity contribution in [3.05, 3.63) is 36.5 Å². The van der Waals surface area contributed by atoms with Gasteiger partial charge in [0.1, 0.15) is 17.8 Å². The van der Waals surface area contributed by atoms with E-state index in [9.17, 15) is 24.0 Å². The highest BCUT2D eigenvalue weighted by Gasteiger charge is 2.50. The Morgan fingerprint density at radius 3 is 2.39 bits per heavy atom. The summed E-state index contributed by atoms with van der Waals surface area (Å²) in [6.45, 7) is 14.8. The number of methoxy groups -OCH3 is 1. The first-order chi connectivity index (χ1) is 25.3. The molecule has 2 heterocycles. The van der Waals surface area contributed by atoms with Crippen molar-refractivity contribution in [3.63, 3.8) is 0 Å². The Morgan fingerprint density at radius 2 is 1.80 bits per heavy atom. The fraction of sp³-hybridized carbons (Fsp3) is 0.564. The predicted octanol–water partition coefficient (Wildman–Crippen LogP) is 3.83. The van der Waals surface area contributed by atoms with E-state index in [2.05, 4.69) is 36.6 Å². The number of nitrogens with zero attached hydrogens (tertiary/aromatic N) is 3. The normalized spacial score (nSPS) is 20.1. The highest BCUT2D eigenvalue weighted by atomic mass is 16.5. The van der Waals surface area contributed by atoms with Crippen LogP contribution >= 0.6 is 0 Å². The lowest BCUT2D eigenvalue weighted by Gasteiger charge is -2.36. The molecule has 0 bridgehead atoms. The van der Waals surface area contributed by atoms with Gasteiger partial charge in [0.2, 0.25) is 17.6 Å². The maximum Gasteiger partial charge on any atom is 0.315 e. The van der Waals surface area contributed by atoms with E-state index in [4.69, 9.17) is 10.5 Å². The molecule has 5 amide bonds. The number of aromatic nitrogens is 1. The van der Waals surface area contributed by atoms with Gasteiger partial charge < -0.3 is 42.0 Å². The molecule has 1 saturated heterocycles. The molecule has 294 valence electrons. The van der Waals surface area contributed by atoms with E-state index in [1.165, 1.54) is 17.3 Å². The minimum Gasteiger partial charge on any atom is -0.497 e. The fourth-order valence-electron chi connectivity index (χ4n) is 6.42. The molecule has 0 radical (unpaired) electrons. The summed E-state index contributed by atoms with van der Waals surface area (Å²) in [4.78, 5) is 78.8. The predicted molar refractivity (Wildman–Crippen MR) is 210 cm³/mol. The Morgan fingerprint density at radius 1 is 1.09 bits per heavy atom. The van der Waals surface area contributed by atoms with Gasteiger partial charge in [-0.3, -0.25) is 19.2 Å². The molecule has 7 N–H and O–H groups in total. The summed E-state index contributed by atoms with van der Waals surface area (Å²) in [6, 6.07) is 3.51. The van der Waals surface area contributed by atoms with Gasteiger partial charge in [-0.25, -0.2) is 14.8 Å². The van der Waals surface area contributed by atoms with Crippen molar-refractivity contribution in [1.29, 1.82) is 0 Å². The third-order valence-electron chi connectivity index (χ3n) is 9.19. The summed E-state index contributed by atoms with van der Waals surface area (Å²) in [6.07, 6.45) is 6.97. The SMILES string of the molecule is CCC[C@H](NC(=O)[C@@H]1C[C@](C)(Nc2cc(N=C/C=C\N)nc3cc(OC)ccc23)CN1C(=O)[C@@H](NC(=O)NC(C)(C)C)C(C)(C)C)C(=O)C(=O)NC1CC1. The number of urea groups is 1. The van der Waals surface area contributed by atoms with Crippen LogP contribution in [0.1, 0.15) is 87.5 Å². The first kappa shape index (κ1) is 41.5. The Bertz CT molecular complexity index is 1790. The van der Waals surface area contributed by atoms with Gasteiger partial charge in [0.25, 0.3) is 5.91 Å². The maximum absolute atomic E-state index is 14.7. The number of nitrogens with two attached hydrogens (primary N) is 1. The second-order valence-corrected chi connectivity index (χ2v) is 16.6. The summed E-state index contributed by atoms with van der Waals surface area (Å²) < 4.78 is 5.44. The molecule has 2 aliphatic rings. The third-order valence-corrected chi connectivity index (χ3v) is 9.19. The summed E-state index contributed by atoms with van der Waals surface area (Å²) in [5.41, 5.74) is 4.51. The number of ketones is 1. The number of ether oxygens (including phenoxy) is 1. The van der Waals surface area contributed by atoms with Crippen molar-refractivity contribution in [2.75, 3.05) is 19.0 Å². The van der Waals surface area contributed by atoms with E-state index >= 15 is 0 Å². The average molecular weight is 748 g/mol. The molecule has 1 saturated carbocycles. The van der Waals surface area contributed by atoms with Crippen LogP contribution in [0.15, 0.2) is 41.5 Å². The maximum atomic E-state index is 14.7. The first-order valence-corrected chi connectivity index (χ1v) is 18.5. The number of aliphatic imine (C=N–C) groups is 1. The molecule has 0 unspecified atom stereocenters. The van der Waals surface area contributed by atoms with Crippen LogP contribution in [0.25, 0.3) is 10.9 Å². The Hall–Kier alpha value is -5.21. The zero-order valence-corrected chi connectivity index (χ0v) is 33.0.